The van der Waals surface area contributed by atoms with Crippen molar-refractivity contribution in [3.05, 3.63) is 58.3 Å². The fraction of sp³-hybridized carbons (Fsp3) is 0.150. The Morgan fingerprint density at radius 1 is 1.07 bits per heavy atom. The second-order valence-electron chi connectivity index (χ2n) is 6.89. The number of para-hydroxylation sites is 1. The number of nitrogens with one attached hydrogen (secondary N) is 1. The highest BCUT2D eigenvalue weighted by Gasteiger charge is 2.25. The minimum atomic E-state index is -0.503. The van der Waals surface area contributed by atoms with Crippen LogP contribution in [-0.2, 0) is 0 Å². The van der Waals surface area contributed by atoms with Crippen LogP contribution in [0.15, 0.2) is 42.5 Å². The van der Waals surface area contributed by atoms with Crippen LogP contribution in [0.5, 0.6) is 0 Å². The fourth-order valence-corrected chi connectivity index (χ4v) is 3.54. The second-order valence-corrected chi connectivity index (χ2v) is 7.70. The van der Waals surface area contributed by atoms with Gasteiger partial charge in [-0.3, -0.25) is 0 Å². The molecule has 1 fully saturated rings. The van der Waals surface area contributed by atoms with Gasteiger partial charge in [0.1, 0.15) is 11.6 Å². The van der Waals surface area contributed by atoms with Gasteiger partial charge in [0.25, 0.3) is 0 Å². The molecule has 146 valence electrons. The number of hydrogen-bond acceptors (Lipinski definition) is 5. The zero-order valence-electron chi connectivity index (χ0n) is 15.0. The molecule has 1 saturated carbocycles. The molecular weight excluding hydrogens is 414 g/mol. The predicted octanol–water partition coefficient (Wildman–Crippen LogP) is 5.08. The molecule has 2 heterocycles. The summed E-state index contributed by atoms with van der Waals surface area (Å²) in [5.74, 6) is 0.276. The maximum atomic E-state index is 13.7. The molecule has 9 heteroatoms. The Bertz CT molecular complexity index is 1250. The summed E-state index contributed by atoms with van der Waals surface area (Å²) in [6.07, 6.45) is 2.13. The summed E-state index contributed by atoms with van der Waals surface area (Å²) in [6, 6.07) is 12.0. The maximum absolute atomic E-state index is 13.7. The summed E-state index contributed by atoms with van der Waals surface area (Å²) < 4.78 is 15.2. The lowest BCUT2D eigenvalue weighted by Gasteiger charge is -2.09. The van der Waals surface area contributed by atoms with Crippen molar-refractivity contribution >= 4 is 46.0 Å². The van der Waals surface area contributed by atoms with Crippen LogP contribution in [0.4, 0.5) is 16.2 Å². The van der Waals surface area contributed by atoms with Crippen molar-refractivity contribution in [2.24, 2.45) is 0 Å². The van der Waals surface area contributed by atoms with E-state index in [9.17, 15) is 4.39 Å². The first-order valence-corrected chi connectivity index (χ1v) is 9.80. The van der Waals surface area contributed by atoms with Crippen molar-refractivity contribution in [3.63, 3.8) is 0 Å². The van der Waals surface area contributed by atoms with Gasteiger partial charge in [0.15, 0.2) is 5.65 Å². The number of hydrogen-bond donors (Lipinski definition) is 2. The summed E-state index contributed by atoms with van der Waals surface area (Å²) >= 11 is 12.3. The smallest absolute Gasteiger partial charge is 0.225 e. The number of anilines is 2. The maximum Gasteiger partial charge on any atom is 0.225 e. The van der Waals surface area contributed by atoms with Gasteiger partial charge in [-0.1, -0.05) is 35.3 Å². The predicted molar refractivity (Wildman–Crippen MR) is 113 cm³/mol. The highest BCUT2D eigenvalue weighted by Crippen LogP contribution is 2.36. The zero-order chi connectivity index (χ0) is 20.1. The van der Waals surface area contributed by atoms with Crippen LogP contribution >= 0.6 is 23.2 Å². The number of nitrogens with zero attached hydrogens (tertiary/aromatic N) is 4. The van der Waals surface area contributed by atoms with Crippen molar-refractivity contribution in [2.45, 2.75) is 18.9 Å². The average molecular weight is 429 g/mol. The molecule has 4 aromatic rings. The molecule has 1 aliphatic rings. The second kappa shape index (κ2) is 6.86. The first kappa shape index (κ1) is 18.1. The molecule has 0 atom stereocenters. The van der Waals surface area contributed by atoms with Crippen LogP contribution in [0.3, 0.4) is 0 Å². The van der Waals surface area contributed by atoms with Crippen LogP contribution in [0.2, 0.25) is 10.0 Å². The van der Waals surface area contributed by atoms with Gasteiger partial charge in [-0.15, -0.1) is 5.10 Å². The minimum Gasteiger partial charge on any atom is -0.383 e. The molecule has 0 unspecified atom stereocenters. The number of benzene rings is 2. The van der Waals surface area contributed by atoms with E-state index >= 15 is 0 Å². The molecule has 5 rings (SSSR count). The summed E-state index contributed by atoms with van der Waals surface area (Å²) in [6.45, 7) is 0. The third-order valence-electron chi connectivity index (χ3n) is 4.75. The van der Waals surface area contributed by atoms with Gasteiger partial charge in [0.2, 0.25) is 5.95 Å². The Hall–Kier alpha value is -2.90. The van der Waals surface area contributed by atoms with Crippen molar-refractivity contribution in [1.82, 2.24) is 19.7 Å². The topological polar surface area (TPSA) is 81.7 Å². The largest absolute Gasteiger partial charge is 0.383 e. The lowest BCUT2D eigenvalue weighted by Crippen LogP contribution is -2.06. The van der Waals surface area contributed by atoms with E-state index in [0.29, 0.717) is 50.8 Å². The number of aromatic nitrogens is 4. The molecule has 1 aliphatic carbocycles. The van der Waals surface area contributed by atoms with Crippen molar-refractivity contribution < 1.29 is 4.39 Å². The van der Waals surface area contributed by atoms with Gasteiger partial charge < -0.3 is 11.1 Å². The normalized spacial score (nSPS) is 13.8. The van der Waals surface area contributed by atoms with Crippen molar-refractivity contribution in [3.8, 4) is 16.9 Å². The first-order valence-electron chi connectivity index (χ1n) is 9.04. The molecule has 0 radical (unpaired) electrons. The van der Waals surface area contributed by atoms with Crippen LogP contribution in [0.25, 0.3) is 28.0 Å². The van der Waals surface area contributed by atoms with Gasteiger partial charge in [0.05, 0.1) is 26.8 Å². The van der Waals surface area contributed by atoms with E-state index < -0.39 is 5.82 Å². The molecule has 29 heavy (non-hydrogen) atoms. The first-order chi connectivity index (χ1) is 14.0. The number of rotatable bonds is 4. The molecular formula is C20H15Cl2FN6. The van der Waals surface area contributed by atoms with E-state index in [4.69, 9.17) is 28.9 Å². The van der Waals surface area contributed by atoms with Crippen LogP contribution in [0, 0.1) is 5.82 Å². The molecule has 0 saturated heterocycles. The third kappa shape index (κ3) is 3.26. The van der Waals surface area contributed by atoms with Gasteiger partial charge in [-0.05, 0) is 43.2 Å². The summed E-state index contributed by atoms with van der Waals surface area (Å²) in [4.78, 5) is 9.18. The number of fused-ring (bicyclic) bond motifs is 1. The van der Waals surface area contributed by atoms with E-state index in [0.717, 1.165) is 12.8 Å². The number of nitrogen functional groups attached to an aromatic ring is 1. The van der Waals surface area contributed by atoms with Crippen molar-refractivity contribution in [1.29, 1.82) is 0 Å². The van der Waals surface area contributed by atoms with E-state index in [2.05, 4.69) is 20.4 Å². The van der Waals surface area contributed by atoms with Crippen LogP contribution in [0.1, 0.15) is 12.8 Å². The third-order valence-corrected chi connectivity index (χ3v) is 5.36. The number of halogens is 3. The average Bonchev–Trinajstić information content (AvgIpc) is 3.46. The monoisotopic (exact) mass is 428 g/mol. The standard InChI is InChI=1S/C20H15Cl2FN6/c21-12-3-1-2-4-15(12)29-18(24)16-17(10-5-8-14(23)13(22)9-10)26-20(25-11-6-7-11)27-19(16)28-29/h1-5,8-9,11H,6-7,24H2,(H,25,27,28). The summed E-state index contributed by atoms with van der Waals surface area (Å²) in [5.41, 5.74) is 8.63. The van der Waals surface area contributed by atoms with Gasteiger partial charge in [-0.2, -0.15) is 4.98 Å². The fourth-order valence-electron chi connectivity index (χ4n) is 3.15. The molecule has 0 aliphatic heterocycles. The summed E-state index contributed by atoms with van der Waals surface area (Å²) in [5, 5.41) is 8.90. The van der Waals surface area contributed by atoms with E-state index in [-0.39, 0.29) is 5.02 Å². The molecule has 2 aromatic carbocycles. The molecule has 0 bridgehead atoms. The highest BCUT2D eigenvalue weighted by molar-refractivity contribution is 6.32. The van der Waals surface area contributed by atoms with E-state index in [1.165, 1.54) is 16.8 Å². The Morgan fingerprint density at radius 2 is 1.86 bits per heavy atom. The lowest BCUT2D eigenvalue weighted by molar-refractivity contribution is 0.628. The van der Waals surface area contributed by atoms with Crippen LogP contribution in [-0.4, -0.2) is 25.8 Å². The summed E-state index contributed by atoms with van der Waals surface area (Å²) in [7, 11) is 0. The van der Waals surface area contributed by atoms with Gasteiger partial charge in [-0.25, -0.2) is 14.1 Å². The SMILES string of the molecule is Nc1c2c(-c3ccc(F)c(Cl)c3)nc(NC3CC3)nc2nn1-c1ccccc1Cl. The van der Waals surface area contributed by atoms with Gasteiger partial charge >= 0.3 is 0 Å². The Labute approximate surface area is 175 Å². The zero-order valence-corrected chi connectivity index (χ0v) is 16.5. The number of nitrogens with two attached hydrogens (primary N) is 1. The Morgan fingerprint density at radius 3 is 2.59 bits per heavy atom. The molecule has 0 spiro atoms. The van der Waals surface area contributed by atoms with Crippen molar-refractivity contribution in [2.75, 3.05) is 11.1 Å². The molecule has 2 aromatic heterocycles. The Balaban J connectivity index is 1.77. The molecule has 0 amide bonds. The lowest BCUT2D eigenvalue weighted by atomic mass is 10.1. The van der Waals surface area contributed by atoms with Crippen LogP contribution < -0.4 is 11.1 Å². The quantitative estimate of drug-likeness (QED) is 0.473. The Kier molecular flexibility index (Phi) is 4.29. The molecule has 6 nitrogen and oxygen atoms in total. The van der Waals surface area contributed by atoms with E-state index in [1.807, 2.05) is 18.2 Å². The molecule has 3 N–H and O–H groups in total. The highest BCUT2D eigenvalue weighted by atomic mass is 35.5. The van der Waals surface area contributed by atoms with E-state index in [1.54, 1.807) is 12.1 Å². The minimum absolute atomic E-state index is 0.00281. The van der Waals surface area contributed by atoms with Gasteiger partial charge in [0, 0.05) is 11.6 Å².